The molecule has 3 aromatic rings. The Kier molecular flexibility index (Phi) is 8.59. The molecule has 3 N–H and O–H groups in total. The summed E-state index contributed by atoms with van der Waals surface area (Å²) in [7, 11) is 1.53. The van der Waals surface area contributed by atoms with Crippen LogP contribution in [0.15, 0.2) is 77.9 Å². The lowest BCUT2D eigenvalue weighted by Crippen LogP contribution is -2.32. The van der Waals surface area contributed by atoms with Crippen molar-refractivity contribution in [2.75, 3.05) is 24.4 Å². The Labute approximate surface area is 200 Å². The maximum atomic E-state index is 12.1. The smallest absolute Gasteiger partial charge is 0.329 e. The maximum Gasteiger partial charge on any atom is 0.329 e. The SMILES string of the molecule is COc1ccc(NC(=O)C(=O)N/N=C\c2cccc(OCC(=O)Nc3ccccc3Cl)c2)cc1. The molecule has 0 heterocycles. The van der Waals surface area contributed by atoms with Crippen molar-refractivity contribution in [3.8, 4) is 11.5 Å². The van der Waals surface area contributed by atoms with Gasteiger partial charge in [-0.3, -0.25) is 14.4 Å². The zero-order chi connectivity index (χ0) is 24.3. The summed E-state index contributed by atoms with van der Waals surface area (Å²) in [4.78, 5) is 36.0. The van der Waals surface area contributed by atoms with E-state index in [0.717, 1.165) is 0 Å². The maximum absolute atomic E-state index is 12.1. The van der Waals surface area contributed by atoms with E-state index in [1.54, 1.807) is 72.8 Å². The van der Waals surface area contributed by atoms with Crippen molar-refractivity contribution in [3.63, 3.8) is 0 Å². The Balaban J connectivity index is 1.47. The number of nitrogens with one attached hydrogen (secondary N) is 3. The number of para-hydroxylation sites is 1. The van der Waals surface area contributed by atoms with Gasteiger partial charge in [-0.15, -0.1) is 0 Å². The van der Waals surface area contributed by atoms with Crippen LogP contribution in [0.1, 0.15) is 5.56 Å². The topological polar surface area (TPSA) is 118 Å². The third-order valence-corrected chi connectivity index (χ3v) is 4.64. The molecule has 0 unspecified atom stereocenters. The Bertz CT molecular complexity index is 1200. The van der Waals surface area contributed by atoms with Crippen LogP contribution in [0, 0.1) is 0 Å². The van der Waals surface area contributed by atoms with Crippen LogP contribution in [-0.2, 0) is 14.4 Å². The number of carbonyl (C=O) groups excluding carboxylic acids is 3. The second-order valence-electron chi connectivity index (χ2n) is 6.77. The molecule has 174 valence electrons. The van der Waals surface area contributed by atoms with Gasteiger partial charge in [-0.05, 0) is 54.1 Å². The molecule has 0 bridgehead atoms. The predicted octanol–water partition coefficient (Wildman–Crippen LogP) is 3.45. The number of methoxy groups -OCH3 is 1. The summed E-state index contributed by atoms with van der Waals surface area (Å²) in [6.07, 6.45) is 1.34. The van der Waals surface area contributed by atoms with Crippen molar-refractivity contribution in [3.05, 3.63) is 83.4 Å². The number of benzene rings is 3. The molecule has 0 atom stereocenters. The molecule has 9 nitrogen and oxygen atoms in total. The van der Waals surface area contributed by atoms with Crippen LogP contribution in [0.5, 0.6) is 11.5 Å². The van der Waals surface area contributed by atoms with E-state index in [2.05, 4.69) is 21.2 Å². The van der Waals surface area contributed by atoms with Crippen LogP contribution in [0.4, 0.5) is 11.4 Å². The predicted molar refractivity (Wildman–Crippen MR) is 129 cm³/mol. The first-order chi connectivity index (χ1) is 16.4. The number of hydrogen-bond donors (Lipinski definition) is 3. The highest BCUT2D eigenvalue weighted by Crippen LogP contribution is 2.20. The Hall–Kier alpha value is -4.37. The third kappa shape index (κ3) is 7.35. The van der Waals surface area contributed by atoms with Gasteiger partial charge < -0.3 is 20.1 Å². The first-order valence-corrected chi connectivity index (χ1v) is 10.4. The van der Waals surface area contributed by atoms with Gasteiger partial charge in [0.05, 0.1) is 24.0 Å². The molecule has 34 heavy (non-hydrogen) atoms. The van der Waals surface area contributed by atoms with E-state index in [4.69, 9.17) is 21.1 Å². The number of halogens is 1. The standard InChI is InChI=1S/C24H21ClN4O5/c1-33-18-11-9-17(10-12-18)27-23(31)24(32)29-26-14-16-5-4-6-19(13-16)34-15-22(30)28-21-8-3-2-7-20(21)25/h2-14H,15H2,1H3,(H,27,31)(H,28,30)(H,29,32)/b26-14-. The molecule has 0 aromatic heterocycles. The van der Waals surface area contributed by atoms with Crippen LogP contribution < -0.4 is 25.5 Å². The largest absolute Gasteiger partial charge is 0.497 e. The van der Waals surface area contributed by atoms with Gasteiger partial charge in [-0.2, -0.15) is 5.10 Å². The van der Waals surface area contributed by atoms with Crippen LogP contribution in [0.2, 0.25) is 5.02 Å². The number of hydrogen-bond acceptors (Lipinski definition) is 6. The fourth-order valence-corrected chi connectivity index (χ4v) is 2.84. The molecule has 0 aliphatic heterocycles. The Morgan fingerprint density at radius 1 is 0.912 bits per heavy atom. The fraction of sp³-hybridized carbons (Fsp3) is 0.0833. The number of nitrogens with zero attached hydrogens (tertiary/aromatic N) is 1. The van der Waals surface area contributed by atoms with E-state index in [1.807, 2.05) is 0 Å². The summed E-state index contributed by atoms with van der Waals surface area (Å²) in [5.74, 6) is -1.14. The molecule has 0 spiro atoms. The van der Waals surface area contributed by atoms with Gasteiger partial charge in [0.1, 0.15) is 11.5 Å². The lowest BCUT2D eigenvalue weighted by molar-refractivity contribution is -0.136. The quantitative estimate of drug-likeness (QED) is 0.259. The van der Waals surface area contributed by atoms with E-state index in [-0.39, 0.29) is 12.5 Å². The van der Waals surface area contributed by atoms with E-state index in [9.17, 15) is 14.4 Å². The molecule has 3 rings (SSSR count). The van der Waals surface area contributed by atoms with Crippen molar-refractivity contribution in [2.45, 2.75) is 0 Å². The van der Waals surface area contributed by atoms with Gasteiger partial charge in [-0.25, -0.2) is 5.43 Å². The van der Waals surface area contributed by atoms with Gasteiger partial charge in [-0.1, -0.05) is 35.9 Å². The fourth-order valence-electron chi connectivity index (χ4n) is 2.66. The molecule has 0 saturated heterocycles. The van der Waals surface area contributed by atoms with Gasteiger partial charge in [0, 0.05) is 5.69 Å². The number of hydrazone groups is 1. The van der Waals surface area contributed by atoms with E-state index < -0.39 is 11.8 Å². The zero-order valence-electron chi connectivity index (χ0n) is 18.1. The molecule has 0 aliphatic carbocycles. The second-order valence-corrected chi connectivity index (χ2v) is 7.18. The van der Waals surface area contributed by atoms with Crippen molar-refractivity contribution in [1.82, 2.24) is 5.43 Å². The zero-order valence-corrected chi connectivity index (χ0v) is 18.8. The second kappa shape index (κ2) is 12.0. The van der Waals surface area contributed by atoms with E-state index in [1.165, 1.54) is 13.3 Å². The summed E-state index contributed by atoms with van der Waals surface area (Å²) in [6, 6.07) is 20.1. The van der Waals surface area contributed by atoms with Gasteiger partial charge in [0.25, 0.3) is 5.91 Å². The Morgan fingerprint density at radius 3 is 2.41 bits per heavy atom. The van der Waals surface area contributed by atoms with Crippen molar-refractivity contribution in [2.24, 2.45) is 5.10 Å². The molecule has 3 aromatic carbocycles. The normalized spacial score (nSPS) is 10.4. The minimum atomic E-state index is -0.935. The van der Waals surface area contributed by atoms with Crippen LogP contribution in [-0.4, -0.2) is 37.7 Å². The van der Waals surface area contributed by atoms with Gasteiger partial charge >= 0.3 is 11.8 Å². The minimum absolute atomic E-state index is 0.228. The number of ether oxygens (including phenoxy) is 2. The molecular formula is C24H21ClN4O5. The summed E-state index contributed by atoms with van der Waals surface area (Å²) in [5.41, 5.74) is 3.66. The number of anilines is 2. The van der Waals surface area contributed by atoms with E-state index in [0.29, 0.717) is 33.5 Å². The highest BCUT2D eigenvalue weighted by atomic mass is 35.5. The molecular weight excluding hydrogens is 460 g/mol. The molecule has 3 amide bonds. The minimum Gasteiger partial charge on any atom is -0.497 e. The lowest BCUT2D eigenvalue weighted by atomic mass is 10.2. The Morgan fingerprint density at radius 2 is 1.68 bits per heavy atom. The molecule has 10 heteroatoms. The van der Waals surface area contributed by atoms with Crippen molar-refractivity contribution >= 4 is 46.9 Å². The average molecular weight is 481 g/mol. The molecule has 0 fully saturated rings. The van der Waals surface area contributed by atoms with Crippen molar-refractivity contribution in [1.29, 1.82) is 0 Å². The first-order valence-electron chi connectivity index (χ1n) is 10.0. The summed E-state index contributed by atoms with van der Waals surface area (Å²) in [6.45, 7) is -0.228. The monoisotopic (exact) mass is 480 g/mol. The van der Waals surface area contributed by atoms with Crippen LogP contribution >= 0.6 is 11.6 Å². The number of rotatable bonds is 8. The first kappa shape index (κ1) is 24.3. The third-order valence-electron chi connectivity index (χ3n) is 4.31. The van der Waals surface area contributed by atoms with Gasteiger partial charge in [0.15, 0.2) is 6.61 Å². The summed E-state index contributed by atoms with van der Waals surface area (Å²) < 4.78 is 10.5. The highest BCUT2D eigenvalue weighted by Gasteiger charge is 2.13. The number of carbonyl (C=O) groups is 3. The van der Waals surface area contributed by atoms with Crippen LogP contribution in [0.3, 0.4) is 0 Å². The van der Waals surface area contributed by atoms with Gasteiger partial charge in [0.2, 0.25) is 0 Å². The lowest BCUT2D eigenvalue weighted by Gasteiger charge is -2.09. The average Bonchev–Trinajstić information content (AvgIpc) is 2.85. The molecule has 0 saturated carbocycles. The molecule has 0 radical (unpaired) electrons. The highest BCUT2D eigenvalue weighted by molar-refractivity contribution is 6.39. The summed E-state index contributed by atoms with van der Waals surface area (Å²) >= 11 is 6.02. The summed E-state index contributed by atoms with van der Waals surface area (Å²) in [5, 5.41) is 9.32. The van der Waals surface area contributed by atoms with E-state index >= 15 is 0 Å². The number of amides is 3. The van der Waals surface area contributed by atoms with Crippen molar-refractivity contribution < 1.29 is 23.9 Å². The molecule has 0 aliphatic rings. The van der Waals surface area contributed by atoms with Crippen LogP contribution in [0.25, 0.3) is 0 Å².